The van der Waals surface area contributed by atoms with E-state index in [2.05, 4.69) is 12.2 Å². The quantitative estimate of drug-likeness (QED) is 0.627. The maximum absolute atomic E-state index is 11.5. The van der Waals surface area contributed by atoms with Gasteiger partial charge in [0.15, 0.2) is 0 Å². The Kier molecular flexibility index (Phi) is 2.30. The van der Waals surface area contributed by atoms with Gasteiger partial charge in [-0.1, -0.05) is 12.2 Å². The molecule has 0 aromatic heterocycles. The van der Waals surface area contributed by atoms with E-state index in [1.54, 1.807) is 13.8 Å². The lowest BCUT2D eigenvalue weighted by molar-refractivity contribution is -0.135. The molecule has 0 aromatic rings. The zero-order valence-corrected chi connectivity index (χ0v) is 8.69. The first kappa shape index (κ1) is 9.63. The largest absolute Gasteiger partial charge is 0.300 e. The maximum Gasteiger partial charge on any atom is 0.134 e. The predicted octanol–water partition coefficient (Wildman–Crippen LogP) is 1.99. The fraction of sp³-hybridized carbons (Fsp3) is 0.667. The molecule has 14 heavy (non-hydrogen) atoms. The average molecular weight is 192 g/mol. The first-order valence-corrected chi connectivity index (χ1v) is 5.30. The Balaban J connectivity index is 2.33. The molecule has 2 heteroatoms. The second-order valence-corrected chi connectivity index (χ2v) is 4.56. The van der Waals surface area contributed by atoms with E-state index in [4.69, 9.17) is 0 Å². The molecule has 1 saturated carbocycles. The second kappa shape index (κ2) is 3.34. The number of fused-ring (bicyclic) bond motifs is 2. The van der Waals surface area contributed by atoms with Gasteiger partial charge in [-0.05, 0) is 38.5 Å². The number of ketones is 2. The van der Waals surface area contributed by atoms with Crippen LogP contribution in [0.25, 0.3) is 0 Å². The molecule has 0 radical (unpaired) electrons. The summed E-state index contributed by atoms with van der Waals surface area (Å²) in [5.74, 6) is 0.957. The van der Waals surface area contributed by atoms with Gasteiger partial charge in [-0.2, -0.15) is 0 Å². The summed E-state index contributed by atoms with van der Waals surface area (Å²) in [5.41, 5.74) is 0. The van der Waals surface area contributed by atoms with Gasteiger partial charge >= 0.3 is 0 Å². The van der Waals surface area contributed by atoms with Crippen LogP contribution in [0, 0.1) is 23.7 Å². The predicted molar refractivity (Wildman–Crippen MR) is 53.7 cm³/mol. The lowest BCUT2D eigenvalue weighted by Gasteiger charge is -2.42. The van der Waals surface area contributed by atoms with Crippen LogP contribution in [-0.2, 0) is 9.59 Å². The number of hydrogen-bond donors (Lipinski definition) is 0. The summed E-state index contributed by atoms with van der Waals surface area (Å²) in [6, 6.07) is 0. The molecular formula is C12H16O2. The molecule has 0 saturated heterocycles. The van der Waals surface area contributed by atoms with Crippen LogP contribution in [0.15, 0.2) is 12.2 Å². The number of hydrogen-bond acceptors (Lipinski definition) is 2. The third kappa shape index (κ3) is 1.33. The Morgan fingerprint density at radius 1 is 0.929 bits per heavy atom. The summed E-state index contributed by atoms with van der Waals surface area (Å²) in [7, 11) is 0. The molecular weight excluding hydrogens is 176 g/mol. The summed E-state index contributed by atoms with van der Waals surface area (Å²) in [6.45, 7) is 3.24. The Morgan fingerprint density at radius 2 is 1.29 bits per heavy atom. The molecule has 1 fully saturated rings. The van der Waals surface area contributed by atoms with Crippen LogP contribution >= 0.6 is 0 Å². The molecule has 0 amide bonds. The van der Waals surface area contributed by atoms with Crippen LogP contribution in [0.1, 0.15) is 26.7 Å². The molecule has 4 atom stereocenters. The summed E-state index contributed by atoms with van der Waals surface area (Å²) in [5, 5.41) is 0. The van der Waals surface area contributed by atoms with Gasteiger partial charge in [0, 0.05) is 11.8 Å². The number of allylic oxidation sites excluding steroid dienone is 2. The van der Waals surface area contributed by atoms with E-state index in [0.29, 0.717) is 11.8 Å². The van der Waals surface area contributed by atoms with Gasteiger partial charge in [0.1, 0.15) is 11.6 Å². The van der Waals surface area contributed by atoms with Crippen molar-refractivity contribution in [3.8, 4) is 0 Å². The van der Waals surface area contributed by atoms with Gasteiger partial charge in [0.25, 0.3) is 0 Å². The molecule has 0 unspecified atom stereocenters. The summed E-state index contributed by atoms with van der Waals surface area (Å²) >= 11 is 0. The normalized spacial score (nSPS) is 39.9. The van der Waals surface area contributed by atoms with Crippen molar-refractivity contribution in [2.24, 2.45) is 23.7 Å². The molecule has 0 aromatic carbocycles. The van der Waals surface area contributed by atoms with E-state index in [1.165, 1.54) is 0 Å². The number of rotatable bonds is 2. The van der Waals surface area contributed by atoms with Gasteiger partial charge in [-0.15, -0.1) is 0 Å². The standard InChI is InChI=1S/C12H16O2/c1-7(13)11-9-3-5-10(6-4-9)12(11)8(2)14/h3,5,9-12H,4,6H2,1-2H3/t9-,10+,11-,12+. The molecule has 2 bridgehead atoms. The fourth-order valence-electron chi connectivity index (χ4n) is 3.10. The summed E-state index contributed by atoms with van der Waals surface area (Å²) in [6.07, 6.45) is 6.43. The molecule has 0 N–H and O–H groups in total. The van der Waals surface area contributed by atoms with Crippen molar-refractivity contribution in [3.63, 3.8) is 0 Å². The van der Waals surface area contributed by atoms with E-state index in [-0.39, 0.29) is 23.4 Å². The van der Waals surface area contributed by atoms with Crippen molar-refractivity contribution < 1.29 is 9.59 Å². The van der Waals surface area contributed by atoms with Crippen LogP contribution in [0.4, 0.5) is 0 Å². The van der Waals surface area contributed by atoms with Crippen LogP contribution in [0.5, 0.6) is 0 Å². The molecule has 3 aliphatic rings. The van der Waals surface area contributed by atoms with E-state index < -0.39 is 0 Å². The highest BCUT2D eigenvalue weighted by atomic mass is 16.1. The van der Waals surface area contributed by atoms with Crippen molar-refractivity contribution in [3.05, 3.63) is 12.2 Å². The Hall–Kier alpha value is -0.920. The van der Waals surface area contributed by atoms with Gasteiger partial charge in [0.05, 0.1) is 0 Å². The van der Waals surface area contributed by atoms with Crippen molar-refractivity contribution in [2.45, 2.75) is 26.7 Å². The molecule has 3 rings (SSSR count). The van der Waals surface area contributed by atoms with E-state index >= 15 is 0 Å². The van der Waals surface area contributed by atoms with Crippen molar-refractivity contribution >= 4 is 11.6 Å². The molecule has 76 valence electrons. The average Bonchev–Trinajstić information content (AvgIpc) is 2.17. The van der Waals surface area contributed by atoms with Crippen LogP contribution in [0.2, 0.25) is 0 Å². The zero-order chi connectivity index (χ0) is 10.3. The summed E-state index contributed by atoms with van der Waals surface area (Å²) in [4.78, 5) is 23.0. The molecule has 0 heterocycles. The minimum absolute atomic E-state index is 0.0313. The lowest BCUT2D eigenvalue weighted by atomic mass is 9.60. The van der Waals surface area contributed by atoms with Crippen molar-refractivity contribution in [2.75, 3.05) is 0 Å². The Labute approximate surface area is 84.4 Å². The Morgan fingerprint density at radius 3 is 1.50 bits per heavy atom. The van der Waals surface area contributed by atoms with E-state index in [1.807, 2.05) is 0 Å². The van der Waals surface area contributed by atoms with E-state index in [0.717, 1.165) is 12.8 Å². The number of carbonyl (C=O) groups excluding carboxylic acids is 2. The number of Topliss-reactive ketones (excluding diaryl/α,β-unsaturated/α-hetero) is 2. The second-order valence-electron chi connectivity index (χ2n) is 4.56. The molecule has 0 spiro atoms. The van der Waals surface area contributed by atoms with Gasteiger partial charge in [0.2, 0.25) is 0 Å². The van der Waals surface area contributed by atoms with Gasteiger partial charge in [-0.25, -0.2) is 0 Å². The molecule has 2 nitrogen and oxygen atoms in total. The monoisotopic (exact) mass is 192 g/mol. The first-order chi connectivity index (χ1) is 6.61. The molecule has 3 aliphatic carbocycles. The zero-order valence-electron chi connectivity index (χ0n) is 8.69. The smallest absolute Gasteiger partial charge is 0.134 e. The minimum Gasteiger partial charge on any atom is -0.300 e. The van der Waals surface area contributed by atoms with Gasteiger partial charge < -0.3 is 0 Å². The maximum atomic E-state index is 11.5. The van der Waals surface area contributed by atoms with Crippen LogP contribution < -0.4 is 0 Å². The number of carbonyl (C=O) groups is 2. The van der Waals surface area contributed by atoms with Crippen molar-refractivity contribution in [1.82, 2.24) is 0 Å². The third-order valence-corrected chi connectivity index (χ3v) is 3.69. The SMILES string of the molecule is CC(=O)[C@@H]1[C@H](C(C)=O)[C@@H]2C=C[C@H]1CC2. The highest BCUT2D eigenvalue weighted by Gasteiger charge is 2.44. The topological polar surface area (TPSA) is 34.1 Å². The first-order valence-electron chi connectivity index (χ1n) is 5.30. The summed E-state index contributed by atoms with van der Waals surface area (Å²) < 4.78 is 0. The molecule has 0 aliphatic heterocycles. The van der Waals surface area contributed by atoms with E-state index in [9.17, 15) is 9.59 Å². The van der Waals surface area contributed by atoms with Crippen molar-refractivity contribution in [1.29, 1.82) is 0 Å². The minimum atomic E-state index is -0.0313. The highest BCUT2D eigenvalue weighted by Crippen LogP contribution is 2.45. The Bertz CT molecular complexity index is 273. The van der Waals surface area contributed by atoms with Gasteiger partial charge in [-0.3, -0.25) is 9.59 Å². The highest BCUT2D eigenvalue weighted by molar-refractivity contribution is 5.88. The van der Waals surface area contributed by atoms with Crippen LogP contribution in [-0.4, -0.2) is 11.6 Å². The lowest BCUT2D eigenvalue weighted by Crippen LogP contribution is -2.43. The third-order valence-electron chi connectivity index (χ3n) is 3.69. The fourth-order valence-corrected chi connectivity index (χ4v) is 3.10. The van der Waals surface area contributed by atoms with Crippen LogP contribution in [0.3, 0.4) is 0 Å².